The van der Waals surface area contributed by atoms with Crippen LogP contribution in [-0.4, -0.2) is 16.3 Å². The van der Waals surface area contributed by atoms with E-state index in [1.807, 2.05) is 12.1 Å². The first-order valence-electron chi connectivity index (χ1n) is 8.16. The van der Waals surface area contributed by atoms with Crippen LogP contribution in [0.3, 0.4) is 0 Å². The van der Waals surface area contributed by atoms with Crippen molar-refractivity contribution >= 4 is 0 Å². The Hall–Kier alpha value is -1.28. The predicted octanol–water partition coefficient (Wildman–Crippen LogP) is 3.85. The Morgan fingerprint density at radius 3 is 2.71 bits per heavy atom. The number of aliphatic hydroxyl groups excluding tert-OH is 1. The molecule has 0 aromatic heterocycles. The zero-order valence-corrected chi connectivity index (χ0v) is 12.9. The molecule has 3 atom stereocenters. The quantitative estimate of drug-likeness (QED) is 0.710. The van der Waals surface area contributed by atoms with Crippen LogP contribution in [0.4, 0.5) is 0 Å². The summed E-state index contributed by atoms with van der Waals surface area (Å²) in [6, 6.07) is 5.90. The van der Waals surface area contributed by atoms with Crippen molar-refractivity contribution in [3.05, 3.63) is 40.5 Å². The molecule has 3 aliphatic carbocycles. The third kappa shape index (κ3) is 1.75. The van der Waals surface area contributed by atoms with E-state index < -0.39 is 0 Å². The first-order chi connectivity index (χ1) is 9.92. The molecule has 0 bridgehead atoms. The van der Waals surface area contributed by atoms with Crippen LogP contribution in [0.2, 0.25) is 0 Å². The second-order valence-corrected chi connectivity index (χ2v) is 7.75. The molecule has 3 aliphatic rings. The fraction of sp³-hybridized carbons (Fsp3) is 0.579. The average Bonchev–Trinajstić information content (AvgIpc) is 2.73. The van der Waals surface area contributed by atoms with Gasteiger partial charge in [-0.25, -0.2) is 0 Å². The smallest absolute Gasteiger partial charge is 0.115 e. The van der Waals surface area contributed by atoms with Gasteiger partial charge in [0.25, 0.3) is 0 Å². The van der Waals surface area contributed by atoms with Gasteiger partial charge in [0.05, 0.1) is 6.10 Å². The van der Waals surface area contributed by atoms with Crippen LogP contribution in [0, 0.1) is 5.41 Å². The molecule has 2 N–H and O–H groups in total. The normalized spacial score (nSPS) is 38.0. The van der Waals surface area contributed by atoms with Crippen LogP contribution in [0.25, 0.3) is 0 Å². The number of aromatic hydroxyl groups is 1. The topological polar surface area (TPSA) is 40.5 Å². The van der Waals surface area contributed by atoms with Gasteiger partial charge in [-0.1, -0.05) is 31.1 Å². The maximum absolute atomic E-state index is 10.2. The van der Waals surface area contributed by atoms with Crippen LogP contribution in [0.1, 0.15) is 57.1 Å². The standard InChI is InChI=1S/C19H24O2/c1-18-7-8-19(2)15-6-4-13(20)9-12(15)3-5-16(19)17(18)10-14(21)11-18/h4,6,9,14,20-21H,3,5,7-8,10-11H2,1-2H3/t14-,18-,19+/m1/s1. The summed E-state index contributed by atoms with van der Waals surface area (Å²) in [5.41, 5.74) is 6.18. The van der Waals surface area contributed by atoms with Gasteiger partial charge in [0.2, 0.25) is 0 Å². The van der Waals surface area contributed by atoms with Gasteiger partial charge in [0.1, 0.15) is 5.75 Å². The number of hydrogen-bond donors (Lipinski definition) is 2. The molecule has 0 spiro atoms. The predicted molar refractivity (Wildman–Crippen MR) is 83.4 cm³/mol. The molecule has 0 radical (unpaired) electrons. The van der Waals surface area contributed by atoms with Crippen molar-refractivity contribution in [1.29, 1.82) is 0 Å². The van der Waals surface area contributed by atoms with Crippen LogP contribution in [0.15, 0.2) is 29.3 Å². The van der Waals surface area contributed by atoms with Crippen molar-refractivity contribution in [2.45, 2.75) is 63.9 Å². The van der Waals surface area contributed by atoms with Crippen molar-refractivity contribution in [2.75, 3.05) is 0 Å². The Morgan fingerprint density at radius 1 is 1.10 bits per heavy atom. The lowest BCUT2D eigenvalue weighted by Gasteiger charge is -2.48. The van der Waals surface area contributed by atoms with E-state index in [0.717, 1.165) is 32.1 Å². The van der Waals surface area contributed by atoms with Gasteiger partial charge in [-0.15, -0.1) is 0 Å². The first kappa shape index (κ1) is 13.4. The lowest BCUT2D eigenvalue weighted by atomic mass is 9.56. The Morgan fingerprint density at radius 2 is 1.90 bits per heavy atom. The molecule has 1 aromatic rings. The highest BCUT2D eigenvalue weighted by Gasteiger charge is 2.50. The Balaban J connectivity index is 1.90. The largest absolute Gasteiger partial charge is 0.508 e. The minimum Gasteiger partial charge on any atom is -0.508 e. The number of aryl methyl sites for hydroxylation is 1. The number of benzene rings is 1. The summed E-state index contributed by atoms with van der Waals surface area (Å²) in [5, 5.41) is 19.9. The molecule has 0 saturated heterocycles. The van der Waals surface area contributed by atoms with Gasteiger partial charge in [-0.2, -0.15) is 0 Å². The monoisotopic (exact) mass is 284 g/mol. The zero-order valence-electron chi connectivity index (χ0n) is 12.9. The zero-order chi connectivity index (χ0) is 14.8. The lowest BCUT2D eigenvalue weighted by Crippen LogP contribution is -2.38. The molecule has 112 valence electrons. The van der Waals surface area contributed by atoms with E-state index in [9.17, 15) is 10.2 Å². The highest BCUT2D eigenvalue weighted by Crippen LogP contribution is 2.59. The molecule has 1 aromatic carbocycles. The van der Waals surface area contributed by atoms with Gasteiger partial charge in [0, 0.05) is 5.41 Å². The highest BCUT2D eigenvalue weighted by atomic mass is 16.3. The van der Waals surface area contributed by atoms with Gasteiger partial charge >= 0.3 is 0 Å². The molecule has 2 nitrogen and oxygen atoms in total. The maximum atomic E-state index is 10.2. The molecular weight excluding hydrogens is 260 g/mol. The van der Waals surface area contributed by atoms with Crippen molar-refractivity contribution in [3.8, 4) is 5.75 Å². The Bertz CT molecular complexity index is 645. The van der Waals surface area contributed by atoms with E-state index in [1.54, 1.807) is 11.1 Å². The van der Waals surface area contributed by atoms with E-state index in [1.165, 1.54) is 17.5 Å². The van der Waals surface area contributed by atoms with Crippen molar-refractivity contribution in [1.82, 2.24) is 0 Å². The molecule has 2 heteroatoms. The SMILES string of the molecule is C[C@]12CC[C@]3(C)C(=C1C[C@@H](O)C2)CCc1cc(O)ccc13. The molecular formula is C19H24O2. The fourth-order valence-corrected chi connectivity index (χ4v) is 5.26. The van der Waals surface area contributed by atoms with Gasteiger partial charge in [-0.05, 0) is 67.2 Å². The van der Waals surface area contributed by atoms with Gasteiger partial charge < -0.3 is 10.2 Å². The number of phenolic OH excluding ortho intramolecular Hbond substituents is 1. The Labute approximate surface area is 126 Å². The second-order valence-electron chi connectivity index (χ2n) is 7.75. The number of phenols is 1. The molecule has 0 amide bonds. The van der Waals surface area contributed by atoms with Gasteiger partial charge in [-0.3, -0.25) is 0 Å². The van der Waals surface area contributed by atoms with Crippen molar-refractivity contribution in [2.24, 2.45) is 5.41 Å². The summed E-state index contributed by atoms with van der Waals surface area (Å²) in [6.45, 7) is 4.71. The lowest BCUT2D eigenvalue weighted by molar-refractivity contribution is 0.157. The third-order valence-electron chi connectivity index (χ3n) is 6.39. The van der Waals surface area contributed by atoms with Crippen LogP contribution >= 0.6 is 0 Å². The Kier molecular flexibility index (Phi) is 2.63. The minimum atomic E-state index is -0.152. The summed E-state index contributed by atoms with van der Waals surface area (Å²) in [4.78, 5) is 0. The molecule has 0 unspecified atom stereocenters. The van der Waals surface area contributed by atoms with E-state index in [-0.39, 0.29) is 16.9 Å². The maximum Gasteiger partial charge on any atom is 0.115 e. The summed E-state index contributed by atoms with van der Waals surface area (Å²) in [7, 11) is 0. The summed E-state index contributed by atoms with van der Waals surface area (Å²) >= 11 is 0. The molecule has 0 aliphatic heterocycles. The first-order valence-corrected chi connectivity index (χ1v) is 8.16. The van der Waals surface area contributed by atoms with Crippen LogP contribution < -0.4 is 0 Å². The van der Waals surface area contributed by atoms with E-state index in [2.05, 4.69) is 19.9 Å². The molecule has 0 heterocycles. The number of fused-ring (bicyclic) bond motifs is 4. The fourth-order valence-electron chi connectivity index (χ4n) is 5.26. The van der Waals surface area contributed by atoms with Crippen LogP contribution in [-0.2, 0) is 11.8 Å². The van der Waals surface area contributed by atoms with E-state index >= 15 is 0 Å². The third-order valence-corrected chi connectivity index (χ3v) is 6.39. The molecule has 1 saturated carbocycles. The average molecular weight is 284 g/mol. The van der Waals surface area contributed by atoms with Crippen molar-refractivity contribution < 1.29 is 10.2 Å². The summed E-state index contributed by atoms with van der Waals surface area (Å²) in [6.07, 6.45) is 6.08. The van der Waals surface area contributed by atoms with Gasteiger partial charge in [0.15, 0.2) is 0 Å². The van der Waals surface area contributed by atoms with E-state index in [0.29, 0.717) is 5.75 Å². The number of aliphatic hydroxyl groups is 1. The molecule has 21 heavy (non-hydrogen) atoms. The second kappa shape index (κ2) is 4.13. The number of allylic oxidation sites excluding steroid dienone is 1. The number of rotatable bonds is 0. The summed E-state index contributed by atoms with van der Waals surface area (Å²) < 4.78 is 0. The van der Waals surface area contributed by atoms with E-state index in [4.69, 9.17) is 0 Å². The van der Waals surface area contributed by atoms with Crippen LogP contribution in [0.5, 0.6) is 5.75 Å². The van der Waals surface area contributed by atoms with Crippen molar-refractivity contribution in [3.63, 3.8) is 0 Å². The molecule has 1 fully saturated rings. The summed E-state index contributed by atoms with van der Waals surface area (Å²) in [5.74, 6) is 0.380. The molecule has 4 rings (SSSR count). The number of hydrogen-bond acceptors (Lipinski definition) is 2. The minimum absolute atomic E-state index is 0.111. The highest BCUT2D eigenvalue weighted by molar-refractivity contribution is 5.52.